The second-order valence-electron chi connectivity index (χ2n) is 8.98. The number of imidazole rings is 1. The summed E-state index contributed by atoms with van der Waals surface area (Å²) in [5, 5.41) is 0. The van der Waals surface area contributed by atoms with Gasteiger partial charge in [0.15, 0.2) is 11.2 Å². The van der Waals surface area contributed by atoms with Crippen molar-refractivity contribution in [3.8, 4) is 11.8 Å². The Hall–Kier alpha value is -3.97. The average molecular weight is 473 g/mol. The number of aryl methyl sites for hydroxylation is 2. The third-order valence-electron chi connectivity index (χ3n) is 6.49. The molecule has 10 heteroatoms. The topological polar surface area (TPSA) is 117 Å². The van der Waals surface area contributed by atoms with Gasteiger partial charge in [0.05, 0.1) is 29.8 Å². The van der Waals surface area contributed by atoms with Crippen molar-refractivity contribution in [2.45, 2.75) is 45.8 Å². The van der Waals surface area contributed by atoms with Gasteiger partial charge in [0.1, 0.15) is 0 Å². The fraction of sp³-hybridized carbons (Fsp3) is 0.400. The molecule has 0 spiro atoms. The Morgan fingerprint density at radius 2 is 2.06 bits per heavy atom. The fourth-order valence-electron chi connectivity index (χ4n) is 4.78. The molecule has 1 aliphatic rings. The fourth-order valence-corrected chi connectivity index (χ4v) is 4.78. The molecule has 0 aromatic carbocycles. The van der Waals surface area contributed by atoms with E-state index in [2.05, 4.69) is 26.7 Å². The summed E-state index contributed by atoms with van der Waals surface area (Å²) in [5.41, 5.74) is 9.12. The van der Waals surface area contributed by atoms with E-state index in [9.17, 15) is 9.59 Å². The molecule has 180 valence electrons. The number of nitrogens with zero attached hydrogens (tertiary/aromatic N) is 7. The summed E-state index contributed by atoms with van der Waals surface area (Å²) in [6.45, 7) is 5.46. The number of pyridine rings is 2. The quantitative estimate of drug-likeness (QED) is 0.443. The number of fused-ring (bicyclic) bond motifs is 2. The van der Waals surface area contributed by atoms with Crippen molar-refractivity contribution in [2.24, 2.45) is 12.8 Å². The average Bonchev–Trinajstić information content (AvgIpc) is 3.24. The molecule has 0 unspecified atom stereocenters. The van der Waals surface area contributed by atoms with E-state index in [0.717, 1.165) is 36.0 Å². The van der Waals surface area contributed by atoms with Gasteiger partial charge in [0.25, 0.3) is 5.56 Å². The Labute approximate surface area is 202 Å². The Morgan fingerprint density at radius 3 is 2.83 bits per heavy atom. The van der Waals surface area contributed by atoms with Crippen LogP contribution in [0.15, 0.2) is 34.0 Å². The standard InChI is InChI=1S/C25H28N8O2/c1-4-5-12-32-21-22(29-24(32)31-11-7-8-17(26)14-31)30(3)25(35)33(23(21)34)15-18-13-16(2)20-19(28-18)9-6-10-27-20/h6,9-10,13,17H,7-8,11-12,14-15,26H2,1-3H3/t17-/m1/s1. The first-order valence-electron chi connectivity index (χ1n) is 11.7. The lowest BCUT2D eigenvalue weighted by atomic mass is 10.1. The van der Waals surface area contributed by atoms with Crippen molar-refractivity contribution in [1.29, 1.82) is 0 Å². The third-order valence-corrected chi connectivity index (χ3v) is 6.49. The zero-order valence-corrected chi connectivity index (χ0v) is 20.2. The second-order valence-corrected chi connectivity index (χ2v) is 8.98. The predicted octanol–water partition coefficient (Wildman–Crippen LogP) is 1.15. The molecule has 0 saturated carbocycles. The molecule has 2 N–H and O–H groups in total. The van der Waals surface area contributed by atoms with Crippen LogP contribution in [0.25, 0.3) is 22.2 Å². The van der Waals surface area contributed by atoms with Gasteiger partial charge in [-0.1, -0.05) is 5.92 Å². The van der Waals surface area contributed by atoms with Crippen molar-refractivity contribution in [2.75, 3.05) is 18.0 Å². The molecule has 0 amide bonds. The van der Waals surface area contributed by atoms with Crippen molar-refractivity contribution in [3.05, 3.63) is 56.5 Å². The van der Waals surface area contributed by atoms with E-state index in [1.807, 2.05) is 29.7 Å². The maximum absolute atomic E-state index is 13.8. The second kappa shape index (κ2) is 9.00. The number of rotatable bonds is 4. The lowest BCUT2D eigenvalue weighted by molar-refractivity contribution is 0.496. The molecule has 4 aromatic heterocycles. The van der Waals surface area contributed by atoms with Crippen molar-refractivity contribution >= 4 is 28.1 Å². The number of piperidine rings is 1. The lowest BCUT2D eigenvalue weighted by Crippen LogP contribution is -2.44. The van der Waals surface area contributed by atoms with Crippen LogP contribution in [-0.2, 0) is 20.1 Å². The van der Waals surface area contributed by atoms with E-state index in [0.29, 0.717) is 35.9 Å². The van der Waals surface area contributed by atoms with Crippen LogP contribution in [0.2, 0.25) is 0 Å². The highest BCUT2D eigenvalue weighted by Gasteiger charge is 2.26. The Kier molecular flexibility index (Phi) is 5.86. The maximum Gasteiger partial charge on any atom is 0.332 e. The first-order chi connectivity index (χ1) is 16.9. The van der Waals surface area contributed by atoms with Crippen LogP contribution in [0.1, 0.15) is 31.0 Å². The maximum atomic E-state index is 13.8. The first kappa shape index (κ1) is 22.8. The number of hydrogen-bond donors (Lipinski definition) is 1. The molecular weight excluding hydrogens is 444 g/mol. The largest absolute Gasteiger partial charge is 0.341 e. The minimum Gasteiger partial charge on any atom is -0.341 e. The van der Waals surface area contributed by atoms with Crippen molar-refractivity contribution in [1.82, 2.24) is 28.7 Å². The van der Waals surface area contributed by atoms with Crippen LogP contribution < -0.4 is 21.9 Å². The first-order valence-corrected chi connectivity index (χ1v) is 11.7. The molecule has 0 radical (unpaired) electrons. The molecule has 0 bridgehead atoms. The summed E-state index contributed by atoms with van der Waals surface area (Å²) in [7, 11) is 1.64. The van der Waals surface area contributed by atoms with Crippen molar-refractivity contribution < 1.29 is 0 Å². The molecule has 1 fully saturated rings. The van der Waals surface area contributed by atoms with Gasteiger partial charge in [0, 0.05) is 32.4 Å². The molecule has 1 saturated heterocycles. The molecule has 0 aliphatic carbocycles. The number of anilines is 1. The van der Waals surface area contributed by atoms with Crippen molar-refractivity contribution in [3.63, 3.8) is 0 Å². The predicted molar refractivity (Wildman–Crippen MR) is 135 cm³/mol. The Bertz CT molecular complexity index is 1620. The van der Waals surface area contributed by atoms with E-state index in [1.54, 1.807) is 20.2 Å². The highest BCUT2D eigenvalue weighted by molar-refractivity contribution is 5.77. The molecular formula is C25H28N8O2. The summed E-state index contributed by atoms with van der Waals surface area (Å²) in [6.07, 6.45) is 3.61. The molecule has 35 heavy (non-hydrogen) atoms. The Morgan fingerprint density at radius 1 is 1.23 bits per heavy atom. The SMILES string of the molecule is CC#CCn1c(N2CCC[C@@H](N)C2)nc2c1c(=O)n(Cc1cc(C)c3ncccc3n1)c(=O)n2C. The summed E-state index contributed by atoms with van der Waals surface area (Å²) < 4.78 is 4.45. The van der Waals surface area contributed by atoms with Crippen LogP contribution in [-0.4, -0.2) is 47.8 Å². The van der Waals surface area contributed by atoms with Crippen LogP contribution in [0.4, 0.5) is 5.95 Å². The van der Waals surface area contributed by atoms with Gasteiger partial charge in [-0.25, -0.2) is 9.78 Å². The van der Waals surface area contributed by atoms with Gasteiger partial charge in [-0.15, -0.1) is 5.92 Å². The van der Waals surface area contributed by atoms with Gasteiger partial charge in [-0.3, -0.25) is 23.5 Å². The number of nitrogens with two attached hydrogens (primary N) is 1. The molecule has 5 rings (SSSR count). The van der Waals surface area contributed by atoms with E-state index in [1.165, 1.54) is 9.13 Å². The molecule has 1 aliphatic heterocycles. The van der Waals surface area contributed by atoms with Gasteiger partial charge >= 0.3 is 5.69 Å². The molecule has 5 heterocycles. The monoisotopic (exact) mass is 472 g/mol. The minimum atomic E-state index is -0.443. The minimum absolute atomic E-state index is 0.0338. The highest BCUT2D eigenvalue weighted by atomic mass is 16.2. The van der Waals surface area contributed by atoms with Gasteiger partial charge in [0.2, 0.25) is 5.95 Å². The van der Waals surface area contributed by atoms with Gasteiger partial charge < -0.3 is 10.6 Å². The number of aromatic nitrogens is 6. The summed E-state index contributed by atoms with van der Waals surface area (Å²) in [6, 6.07) is 5.59. The normalized spacial score (nSPS) is 16.0. The molecule has 10 nitrogen and oxygen atoms in total. The molecule has 4 aromatic rings. The van der Waals surface area contributed by atoms with E-state index >= 15 is 0 Å². The van der Waals surface area contributed by atoms with Gasteiger partial charge in [-0.05, 0) is 50.5 Å². The van der Waals surface area contributed by atoms with Crippen LogP contribution in [0.3, 0.4) is 0 Å². The lowest BCUT2D eigenvalue weighted by Gasteiger charge is -2.31. The van der Waals surface area contributed by atoms with E-state index in [4.69, 9.17) is 10.7 Å². The summed E-state index contributed by atoms with van der Waals surface area (Å²) >= 11 is 0. The zero-order chi connectivity index (χ0) is 24.7. The third kappa shape index (κ3) is 3.98. The van der Waals surface area contributed by atoms with E-state index in [-0.39, 0.29) is 12.6 Å². The van der Waals surface area contributed by atoms with Crippen LogP contribution in [0, 0.1) is 18.8 Å². The summed E-state index contributed by atoms with van der Waals surface area (Å²) in [5.74, 6) is 6.57. The van der Waals surface area contributed by atoms with E-state index < -0.39 is 11.2 Å². The summed E-state index contributed by atoms with van der Waals surface area (Å²) in [4.78, 5) is 42.9. The zero-order valence-electron chi connectivity index (χ0n) is 20.2. The number of hydrogen-bond acceptors (Lipinski definition) is 7. The highest BCUT2D eigenvalue weighted by Crippen LogP contribution is 2.23. The Balaban J connectivity index is 1.69. The smallest absolute Gasteiger partial charge is 0.332 e. The van der Waals surface area contributed by atoms with Gasteiger partial charge in [-0.2, -0.15) is 4.98 Å². The van der Waals surface area contributed by atoms with Crippen LogP contribution in [0.5, 0.6) is 0 Å². The van der Waals surface area contributed by atoms with Crippen LogP contribution >= 0.6 is 0 Å². The molecule has 1 atom stereocenters.